The molecule has 2 aromatic rings. The molecule has 0 N–H and O–H groups in total. The van der Waals surface area contributed by atoms with Crippen LogP contribution in [0.15, 0.2) is 54.6 Å². The van der Waals surface area contributed by atoms with Gasteiger partial charge in [-0.1, -0.05) is 55.0 Å². The lowest BCUT2D eigenvalue weighted by molar-refractivity contribution is -0.134. The molecule has 1 amide bonds. The molecule has 2 aliphatic heterocycles. The fraction of sp³-hybridized carbons (Fsp3) is 0.552. The standard InChI is InChI=1S/C29H40N2O3/c1-30-20-22-33-21-8-7-15-29(24-34-27-12-6-5-11-26(27)23-30)16-18-31(19-17-29)28(32)14-13-25-9-3-2-4-10-25/h2-6,9-12H,7-8,13-24H2,1H3. The van der Waals surface area contributed by atoms with Crippen LogP contribution in [0.3, 0.4) is 0 Å². The zero-order valence-electron chi connectivity index (χ0n) is 20.7. The summed E-state index contributed by atoms with van der Waals surface area (Å²) in [4.78, 5) is 17.3. The van der Waals surface area contributed by atoms with Crippen molar-refractivity contribution in [3.63, 3.8) is 0 Å². The van der Waals surface area contributed by atoms with E-state index in [2.05, 4.69) is 53.2 Å². The second kappa shape index (κ2) is 12.4. The minimum Gasteiger partial charge on any atom is -0.493 e. The highest BCUT2D eigenvalue weighted by molar-refractivity contribution is 5.76. The number of carbonyl (C=O) groups excluding carboxylic acids is 1. The molecule has 5 nitrogen and oxygen atoms in total. The van der Waals surface area contributed by atoms with E-state index in [1.807, 2.05) is 18.2 Å². The summed E-state index contributed by atoms with van der Waals surface area (Å²) in [6.45, 7) is 5.76. The first-order valence-corrected chi connectivity index (χ1v) is 12.9. The van der Waals surface area contributed by atoms with Gasteiger partial charge >= 0.3 is 0 Å². The van der Waals surface area contributed by atoms with Crippen LogP contribution in [0, 0.1) is 5.41 Å². The molecule has 0 atom stereocenters. The number of carbonyl (C=O) groups is 1. The summed E-state index contributed by atoms with van der Waals surface area (Å²) >= 11 is 0. The predicted molar refractivity (Wildman–Crippen MR) is 136 cm³/mol. The third-order valence-corrected chi connectivity index (χ3v) is 7.46. The molecule has 0 unspecified atom stereocenters. The van der Waals surface area contributed by atoms with E-state index in [1.54, 1.807) is 0 Å². The number of piperidine rings is 1. The average molecular weight is 465 g/mol. The Morgan fingerprint density at radius 3 is 2.50 bits per heavy atom. The quantitative estimate of drug-likeness (QED) is 0.645. The zero-order chi connectivity index (χ0) is 23.6. The van der Waals surface area contributed by atoms with E-state index in [1.165, 1.54) is 11.1 Å². The maximum absolute atomic E-state index is 12.9. The molecule has 2 aliphatic rings. The van der Waals surface area contributed by atoms with Crippen molar-refractivity contribution in [1.82, 2.24) is 9.80 Å². The van der Waals surface area contributed by atoms with Gasteiger partial charge in [0, 0.05) is 50.2 Å². The van der Waals surface area contributed by atoms with Crippen LogP contribution < -0.4 is 4.74 Å². The maximum Gasteiger partial charge on any atom is 0.222 e. The molecule has 1 saturated heterocycles. The largest absolute Gasteiger partial charge is 0.493 e. The number of rotatable bonds is 3. The fourth-order valence-electron chi connectivity index (χ4n) is 5.15. The van der Waals surface area contributed by atoms with E-state index in [0.717, 1.165) is 90.3 Å². The van der Waals surface area contributed by atoms with Gasteiger partial charge in [-0.3, -0.25) is 9.69 Å². The topological polar surface area (TPSA) is 42.0 Å². The van der Waals surface area contributed by atoms with Gasteiger partial charge in [0.15, 0.2) is 0 Å². The molecule has 2 aromatic carbocycles. The summed E-state index contributed by atoms with van der Waals surface area (Å²) in [5.41, 5.74) is 2.58. The molecule has 1 spiro atoms. The first kappa shape index (κ1) is 24.7. The molecule has 0 aromatic heterocycles. The number of aryl methyl sites for hydroxylation is 1. The normalized spacial score (nSPS) is 20.2. The van der Waals surface area contributed by atoms with E-state index in [0.29, 0.717) is 6.42 Å². The number of amides is 1. The van der Waals surface area contributed by atoms with Crippen LogP contribution in [0.4, 0.5) is 0 Å². The van der Waals surface area contributed by atoms with Crippen LogP contribution in [0.2, 0.25) is 0 Å². The molecule has 5 heteroatoms. The van der Waals surface area contributed by atoms with Crippen molar-refractivity contribution < 1.29 is 14.3 Å². The Labute approximate surface area is 205 Å². The van der Waals surface area contributed by atoms with E-state index >= 15 is 0 Å². The number of fused-ring (bicyclic) bond motifs is 1. The molecule has 0 aliphatic carbocycles. The molecule has 1 fully saturated rings. The van der Waals surface area contributed by atoms with E-state index < -0.39 is 0 Å². The van der Waals surface area contributed by atoms with Crippen LogP contribution in [0.5, 0.6) is 5.75 Å². The van der Waals surface area contributed by atoms with Gasteiger partial charge in [-0.25, -0.2) is 0 Å². The number of para-hydroxylation sites is 1. The van der Waals surface area contributed by atoms with Crippen LogP contribution >= 0.6 is 0 Å². The predicted octanol–water partition coefficient (Wildman–Crippen LogP) is 4.94. The summed E-state index contributed by atoms with van der Waals surface area (Å²) in [5.74, 6) is 1.27. The van der Waals surface area contributed by atoms with Gasteiger partial charge in [0.2, 0.25) is 5.91 Å². The van der Waals surface area contributed by atoms with Crippen molar-refractivity contribution in [3.05, 3.63) is 65.7 Å². The Bertz CT molecular complexity index is 893. The number of hydrogen-bond acceptors (Lipinski definition) is 4. The minimum absolute atomic E-state index is 0.124. The summed E-state index contributed by atoms with van der Waals surface area (Å²) in [6, 6.07) is 18.7. The first-order chi connectivity index (χ1) is 16.6. The highest BCUT2D eigenvalue weighted by Crippen LogP contribution is 2.38. The van der Waals surface area contributed by atoms with Crippen molar-refractivity contribution in [3.8, 4) is 5.75 Å². The minimum atomic E-state index is 0.124. The Morgan fingerprint density at radius 2 is 1.68 bits per heavy atom. The number of benzene rings is 2. The highest BCUT2D eigenvalue weighted by atomic mass is 16.5. The molecule has 4 rings (SSSR count). The number of ether oxygens (including phenoxy) is 2. The zero-order valence-corrected chi connectivity index (χ0v) is 20.7. The second-order valence-corrected chi connectivity index (χ2v) is 10.1. The van der Waals surface area contributed by atoms with E-state index in [9.17, 15) is 4.79 Å². The summed E-state index contributed by atoms with van der Waals surface area (Å²) in [7, 11) is 2.14. The molecule has 0 saturated carbocycles. The molecule has 184 valence electrons. The summed E-state index contributed by atoms with van der Waals surface area (Å²) in [6.07, 6.45) is 6.77. The Morgan fingerprint density at radius 1 is 0.912 bits per heavy atom. The van der Waals surface area contributed by atoms with Gasteiger partial charge in [0.05, 0.1) is 13.2 Å². The van der Waals surface area contributed by atoms with Crippen molar-refractivity contribution >= 4 is 5.91 Å². The number of likely N-dealkylation sites (N-methyl/N-ethyl adjacent to an activating group) is 1. The van der Waals surface area contributed by atoms with Gasteiger partial charge in [-0.05, 0) is 50.8 Å². The second-order valence-electron chi connectivity index (χ2n) is 10.1. The van der Waals surface area contributed by atoms with Gasteiger partial charge in [-0.2, -0.15) is 0 Å². The molecular formula is C29H40N2O3. The summed E-state index contributed by atoms with van der Waals surface area (Å²) in [5, 5.41) is 0. The van der Waals surface area contributed by atoms with Crippen LogP contribution in [0.1, 0.15) is 49.7 Å². The number of nitrogens with zero attached hydrogens (tertiary/aromatic N) is 2. The van der Waals surface area contributed by atoms with Crippen LogP contribution in [-0.4, -0.2) is 62.2 Å². The smallest absolute Gasteiger partial charge is 0.222 e. The molecule has 34 heavy (non-hydrogen) atoms. The third kappa shape index (κ3) is 7.07. The van der Waals surface area contributed by atoms with E-state index in [-0.39, 0.29) is 11.3 Å². The molecule has 0 radical (unpaired) electrons. The SMILES string of the molecule is CN1CCOCCCCC2(CCN(C(=O)CCc3ccccc3)CC2)COc2ccccc2C1. The lowest BCUT2D eigenvalue weighted by Gasteiger charge is -2.42. The average Bonchev–Trinajstić information content (AvgIpc) is 2.87. The molecule has 0 bridgehead atoms. The van der Waals surface area contributed by atoms with Gasteiger partial charge in [0.25, 0.3) is 0 Å². The third-order valence-electron chi connectivity index (χ3n) is 7.46. The van der Waals surface area contributed by atoms with Crippen molar-refractivity contribution in [2.75, 3.05) is 46.5 Å². The highest BCUT2D eigenvalue weighted by Gasteiger charge is 2.36. The molecular weight excluding hydrogens is 424 g/mol. The lowest BCUT2D eigenvalue weighted by atomic mass is 9.75. The Balaban J connectivity index is 1.37. The van der Waals surface area contributed by atoms with Crippen molar-refractivity contribution in [1.29, 1.82) is 0 Å². The Hall–Kier alpha value is -2.37. The van der Waals surface area contributed by atoms with Crippen LogP contribution in [0.25, 0.3) is 0 Å². The molecule has 2 heterocycles. The Kier molecular flexibility index (Phi) is 9.00. The van der Waals surface area contributed by atoms with Gasteiger partial charge < -0.3 is 14.4 Å². The number of likely N-dealkylation sites (tertiary alicyclic amines) is 1. The number of hydrogen-bond donors (Lipinski definition) is 0. The first-order valence-electron chi connectivity index (χ1n) is 12.9. The van der Waals surface area contributed by atoms with Crippen molar-refractivity contribution in [2.24, 2.45) is 5.41 Å². The fourth-order valence-corrected chi connectivity index (χ4v) is 5.15. The summed E-state index contributed by atoms with van der Waals surface area (Å²) < 4.78 is 12.4. The van der Waals surface area contributed by atoms with Crippen LogP contribution in [-0.2, 0) is 22.5 Å². The van der Waals surface area contributed by atoms with Gasteiger partial charge in [0.1, 0.15) is 5.75 Å². The van der Waals surface area contributed by atoms with Gasteiger partial charge in [-0.15, -0.1) is 0 Å². The monoisotopic (exact) mass is 464 g/mol. The lowest BCUT2D eigenvalue weighted by Crippen LogP contribution is -2.45. The maximum atomic E-state index is 12.9. The van der Waals surface area contributed by atoms with Crippen molar-refractivity contribution in [2.45, 2.75) is 51.5 Å². The van der Waals surface area contributed by atoms with E-state index in [4.69, 9.17) is 9.47 Å².